The van der Waals surface area contributed by atoms with Gasteiger partial charge in [0.25, 0.3) is 0 Å². The maximum atomic E-state index is 12.5. The number of ether oxygens (including phenoxy) is 1. The molecule has 0 bridgehead atoms. The summed E-state index contributed by atoms with van der Waals surface area (Å²) >= 11 is 0. The first-order valence-electron chi connectivity index (χ1n) is 8.77. The number of nitrogens with zero attached hydrogens (tertiary/aromatic N) is 2. The molecule has 0 aromatic carbocycles. The Balaban J connectivity index is 0.00000364. The van der Waals surface area contributed by atoms with Crippen LogP contribution in [0.25, 0.3) is 0 Å². The van der Waals surface area contributed by atoms with E-state index >= 15 is 0 Å². The number of hydrogen-bond acceptors (Lipinski definition) is 4. The van der Waals surface area contributed by atoms with E-state index < -0.39 is 11.7 Å². The van der Waals surface area contributed by atoms with Gasteiger partial charge >= 0.3 is 6.18 Å². The first-order valence-corrected chi connectivity index (χ1v) is 8.77. The lowest BCUT2D eigenvalue weighted by Gasteiger charge is -2.27. The number of aliphatic hydroxyl groups is 1. The Hall–Kier alpha value is -1.30. The molecule has 1 aliphatic rings. The predicted molar refractivity (Wildman–Crippen MR) is 108 cm³/mol. The van der Waals surface area contributed by atoms with Crippen molar-refractivity contribution in [2.75, 3.05) is 19.7 Å². The van der Waals surface area contributed by atoms with Crippen LogP contribution in [0.5, 0.6) is 5.88 Å². The van der Waals surface area contributed by atoms with E-state index in [1.54, 1.807) is 0 Å². The van der Waals surface area contributed by atoms with Crippen molar-refractivity contribution in [3.8, 4) is 5.88 Å². The van der Waals surface area contributed by atoms with Crippen LogP contribution in [0.2, 0.25) is 0 Å². The Morgan fingerprint density at radius 2 is 2.00 bits per heavy atom. The van der Waals surface area contributed by atoms with Crippen LogP contribution in [0.3, 0.4) is 0 Å². The summed E-state index contributed by atoms with van der Waals surface area (Å²) in [7, 11) is 0. The molecule has 1 saturated carbocycles. The number of aliphatic hydroxyl groups excluding tert-OH is 1. The zero-order valence-electron chi connectivity index (χ0n) is 15.1. The molecule has 0 unspecified atom stereocenters. The zero-order valence-corrected chi connectivity index (χ0v) is 17.5. The second-order valence-electron chi connectivity index (χ2n) is 6.14. The summed E-state index contributed by atoms with van der Waals surface area (Å²) in [6.07, 6.45) is -0.537. The zero-order chi connectivity index (χ0) is 19.0. The van der Waals surface area contributed by atoms with Crippen molar-refractivity contribution in [2.45, 2.75) is 50.9 Å². The summed E-state index contributed by atoms with van der Waals surface area (Å²) in [5.74, 6) is 0.797. The van der Waals surface area contributed by atoms with Gasteiger partial charge in [0.1, 0.15) is 6.61 Å². The molecule has 1 heterocycles. The molecule has 6 nitrogen and oxygen atoms in total. The molecule has 1 aromatic heterocycles. The van der Waals surface area contributed by atoms with E-state index in [2.05, 4.69) is 20.6 Å². The van der Waals surface area contributed by atoms with Gasteiger partial charge < -0.3 is 20.5 Å². The maximum absolute atomic E-state index is 12.5. The van der Waals surface area contributed by atoms with Crippen molar-refractivity contribution in [1.29, 1.82) is 0 Å². The lowest BCUT2D eigenvalue weighted by atomic mass is 9.93. The highest BCUT2D eigenvalue weighted by Crippen LogP contribution is 2.29. The topological polar surface area (TPSA) is 78.8 Å². The molecule has 0 saturated heterocycles. The van der Waals surface area contributed by atoms with Gasteiger partial charge in [0.05, 0.1) is 18.2 Å². The summed E-state index contributed by atoms with van der Waals surface area (Å²) in [5, 5.41) is 16.0. The first-order chi connectivity index (χ1) is 12.4. The van der Waals surface area contributed by atoms with Crippen LogP contribution in [-0.2, 0) is 6.18 Å². The van der Waals surface area contributed by atoms with E-state index in [4.69, 9.17) is 4.74 Å². The summed E-state index contributed by atoms with van der Waals surface area (Å²) < 4.78 is 42.8. The number of rotatable bonds is 6. The molecule has 0 amide bonds. The number of guanidine groups is 1. The van der Waals surface area contributed by atoms with E-state index in [0.29, 0.717) is 19.0 Å². The lowest BCUT2D eigenvalue weighted by molar-refractivity contribution is -0.137. The van der Waals surface area contributed by atoms with Crippen molar-refractivity contribution < 1.29 is 23.0 Å². The number of aromatic nitrogens is 1. The Bertz CT molecular complexity index is 577. The molecule has 2 rings (SSSR count). The van der Waals surface area contributed by atoms with Crippen LogP contribution in [0.1, 0.15) is 38.2 Å². The quantitative estimate of drug-likeness (QED) is 0.242. The van der Waals surface area contributed by atoms with Crippen LogP contribution >= 0.6 is 24.0 Å². The first kappa shape index (κ1) is 23.7. The Morgan fingerprint density at radius 3 is 2.56 bits per heavy atom. The van der Waals surface area contributed by atoms with E-state index in [-0.39, 0.29) is 48.6 Å². The van der Waals surface area contributed by atoms with Gasteiger partial charge in [-0.3, -0.25) is 0 Å². The summed E-state index contributed by atoms with van der Waals surface area (Å²) in [5.41, 5.74) is -0.806. The molecular weight excluding hydrogens is 476 g/mol. The van der Waals surface area contributed by atoms with Crippen LogP contribution in [0.15, 0.2) is 23.3 Å². The highest BCUT2D eigenvalue weighted by molar-refractivity contribution is 14.0. The van der Waals surface area contributed by atoms with Gasteiger partial charge in [-0.05, 0) is 38.7 Å². The lowest BCUT2D eigenvalue weighted by Crippen LogP contribution is -2.45. The molecule has 0 radical (unpaired) electrons. The minimum atomic E-state index is -4.41. The molecule has 0 spiro atoms. The van der Waals surface area contributed by atoms with Gasteiger partial charge in [0, 0.05) is 24.8 Å². The molecule has 1 aliphatic carbocycles. The van der Waals surface area contributed by atoms with Crippen molar-refractivity contribution in [3.63, 3.8) is 0 Å². The Labute approximate surface area is 174 Å². The molecule has 3 N–H and O–H groups in total. The van der Waals surface area contributed by atoms with E-state index in [1.165, 1.54) is 6.07 Å². The van der Waals surface area contributed by atoms with Gasteiger partial charge in [0.2, 0.25) is 5.88 Å². The fraction of sp³-hybridized carbons (Fsp3) is 0.647. The highest BCUT2D eigenvalue weighted by Gasteiger charge is 2.30. The Kier molecular flexibility index (Phi) is 10.1. The van der Waals surface area contributed by atoms with Gasteiger partial charge in [-0.2, -0.15) is 13.2 Å². The maximum Gasteiger partial charge on any atom is 0.417 e. The summed E-state index contributed by atoms with van der Waals surface area (Å²) in [4.78, 5) is 8.05. The standard InChI is InChI=1S/C17H25F3N4O2.HI/c1-2-21-16(24-13-4-6-14(25)7-5-13)22-9-10-26-15-8-3-12(11-23-15)17(18,19)20;/h3,8,11,13-14,25H,2,4-7,9-10H2,1H3,(H2,21,22,24);1H. The molecule has 0 atom stereocenters. The van der Waals surface area contributed by atoms with Gasteiger partial charge in [-0.15, -0.1) is 24.0 Å². The third-order valence-corrected chi connectivity index (χ3v) is 4.06. The van der Waals surface area contributed by atoms with Crippen LogP contribution < -0.4 is 15.4 Å². The molecular formula is C17H26F3IN4O2. The molecule has 154 valence electrons. The highest BCUT2D eigenvalue weighted by atomic mass is 127. The number of hydrogen-bond donors (Lipinski definition) is 3. The van der Waals surface area contributed by atoms with Crippen molar-refractivity contribution in [2.24, 2.45) is 4.99 Å². The van der Waals surface area contributed by atoms with Gasteiger partial charge in [-0.1, -0.05) is 0 Å². The molecule has 1 fully saturated rings. The fourth-order valence-corrected chi connectivity index (χ4v) is 2.67. The van der Waals surface area contributed by atoms with E-state index in [1.807, 2.05) is 6.92 Å². The SMILES string of the molecule is CCNC(=NCCOc1ccc(C(F)(F)F)cn1)NC1CCC(O)CC1.I. The number of alkyl halides is 3. The van der Waals surface area contributed by atoms with Crippen molar-refractivity contribution in [1.82, 2.24) is 15.6 Å². The minimum absolute atomic E-state index is 0. The van der Waals surface area contributed by atoms with E-state index in [9.17, 15) is 18.3 Å². The third-order valence-electron chi connectivity index (χ3n) is 4.06. The third kappa shape index (κ3) is 8.50. The van der Waals surface area contributed by atoms with Crippen molar-refractivity contribution >= 4 is 29.9 Å². The van der Waals surface area contributed by atoms with E-state index in [0.717, 1.165) is 37.9 Å². The van der Waals surface area contributed by atoms with Crippen LogP contribution in [0.4, 0.5) is 13.2 Å². The van der Waals surface area contributed by atoms with Crippen molar-refractivity contribution in [3.05, 3.63) is 23.9 Å². The average molecular weight is 502 g/mol. The summed E-state index contributed by atoms with van der Waals surface area (Å²) in [6, 6.07) is 2.41. The normalized spacial score (nSPS) is 20.6. The second kappa shape index (κ2) is 11.5. The number of halogens is 4. The second-order valence-corrected chi connectivity index (χ2v) is 6.14. The Morgan fingerprint density at radius 1 is 1.30 bits per heavy atom. The van der Waals surface area contributed by atoms with Gasteiger partial charge in [0.15, 0.2) is 5.96 Å². The van der Waals surface area contributed by atoms with Crippen LogP contribution in [0, 0.1) is 0 Å². The fourth-order valence-electron chi connectivity index (χ4n) is 2.67. The number of nitrogens with one attached hydrogen (secondary N) is 2. The smallest absolute Gasteiger partial charge is 0.417 e. The van der Waals surface area contributed by atoms with Gasteiger partial charge in [-0.25, -0.2) is 9.98 Å². The number of aliphatic imine (C=N–C) groups is 1. The minimum Gasteiger partial charge on any atom is -0.476 e. The molecule has 0 aliphatic heterocycles. The van der Waals surface area contributed by atoms with Crippen LogP contribution in [-0.4, -0.2) is 47.9 Å². The molecule has 10 heteroatoms. The summed E-state index contributed by atoms with van der Waals surface area (Å²) in [6.45, 7) is 3.22. The number of pyridine rings is 1. The predicted octanol–water partition coefficient (Wildman–Crippen LogP) is 2.96. The average Bonchev–Trinajstić information content (AvgIpc) is 2.60. The monoisotopic (exact) mass is 502 g/mol. The molecule has 1 aromatic rings. The molecule has 27 heavy (non-hydrogen) atoms. The largest absolute Gasteiger partial charge is 0.476 e.